The maximum Gasteiger partial charge on any atom is 0.282 e. The van der Waals surface area contributed by atoms with E-state index in [0.29, 0.717) is 19.6 Å². The fourth-order valence-corrected chi connectivity index (χ4v) is 3.57. The highest BCUT2D eigenvalue weighted by atomic mass is 32.2. The van der Waals surface area contributed by atoms with Gasteiger partial charge < -0.3 is 5.32 Å². The van der Waals surface area contributed by atoms with Crippen LogP contribution < -0.4 is 5.32 Å². The van der Waals surface area contributed by atoms with Crippen molar-refractivity contribution in [3.63, 3.8) is 0 Å². The van der Waals surface area contributed by atoms with E-state index in [1.807, 2.05) is 0 Å². The predicted molar refractivity (Wildman–Crippen MR) is 75.8 cm³/mol. The number of rotatable bonds is 4. The van der Waals surface area contributed by atoms with Crippen LogP contribution in [0.2, 0.25) is 0 Å². The van der Waals surface area contributed by atoms with Crippen molar-refractivity contribution in [1.29, 1.82) is 0 Å². The highest BCUT2D eigenvalue weighted by Crippen LogP contribution is 2.13. The summed E-state index contributed by atoms with van der Waals surface area (Å²) in [6, 6.07) is 5.88. The first-order valence-corrected chi connectivity index (χ1v) is 8.06. The molecule has 1 aliphatic rings. The quantitative estimate of drug-likeness (QED) is 0.895. The normalized spacial score (nSPS) is 18.1. The van der Waals surface area contributed by atoms with Gasteiger partial charge in [-0.1, -0.05) is 12.1 Å². The summed E-state index contributed by atoms with van der Waals surface area (Å²) in [7, 11) is -1.91. The van der Waals surface area contributed by atoms with Crippen LogP contribution in [0.4, 0.5) is 4.39 Å². The molecule has 7 heteroatoms. The van der Waals surface area contributed by atoms with Crippen molar-refractivity contribution in [2.75, 3.05) is 33.2 Å². The minimum Gasteiger partial charge on any atom is -0.315 e. The van der Waals surface area contributed by atoms with Crippen LogP contribution in [0.15, 0.2) is 24.3 Å². The Labute approximate surface area is 119 Å². The Morgan fingerprint density at radius 2 is 1.95 bits per heavy atom. The smallest absolute Gasteiger partial charge is 0.282 e. The molecule has 5 nitrogen and oxygen atoms in total. The summed E-state index contributed by atoms with van der Waals surface area (Å²) >= 11 is 0. The molecular formula is C13H20FN3O2S. The van der Waals surface area contributed by atoms with E-state index in [-0.39, 0.29) is 12.4 Å². The first kappa shape index (κ1) is 15.4. The second kappa shape index (κ2) is 6.62. The maximum absolute atomic E-state index is 12.8. The lowest BCUT2D eigenvalue weighted by molar-refractivity contribution is 0.367. The van der Waals surface area contributed by atoms with Gasteiger partial charge in [-0.3, -0.25) is 0 Å². The molecule has 0 aliphatic carbocycles. The van der Waals surface area contributed by atoms with E-state index in [9.17, 15) is 12.8 Å². The van der Waals surface area contributed by atoms with Gasteiger partial charge in [0.2, 0.25) is 0 Å². The van der Waals surface area contributed by atoms with Gasteiger partial charge in [-0.2, -0.15) is 17.0 Å². The van der Waals surface area contributed by atoms with E-state index >= 15 is 0 Å². The Morgan fingerprint density at radius 1 is 1.25 bits per heavy atom. The molecule has 0 saturated carbocycles. The van der Waals surface area contributed by atoms with E-state index in [1.165, 1.54) is 20.7 Å². The van der Waals surface area contributed by atoms with Gasteiger partial charge in [0.15, 0.2) is 0 Å². The van der Waals surface area contributed by atoms with Gasteiger partial charge in [-0.15, -0.1) is 0 Å². The number of nitrogens with zero attached hydrogens (tertiary/aromatic N) is 2. The minimum atomic E-state index is -3.46. The van der Waals surface area contributed by atoms with Gasteiger partial charge in [0, 0.05) is 33.2 Å². The zero-order valence-corrected chi connectivity index (χ0v) is 12.4. The van der Waals surface area contributed by atoms with Gasteiger partial charge in [0.1, 0.15) is 5.82 Å². The molecule has 0 unspecified atom stereocenters. The van der Waals surface area contributed by atoms with E-state index < -0.39 is 10.2 Å². The molecule has 1 aromatic rings. The molecule has 1 N–H and O–H groups in total. The zero-order valence-electron chi connectivity index (χ0n) is 11.5. The van der Waals surface area contributed by atoms with Crippen LogP contribution in [0, 0.1) is 5.82 Å². The molecule has 0 amide bonds. The molecule has 1 heterocycles. The summed E-state index contributed by atoms with van der Waals surface area (Å²) in [6.07, 6.45) is 0.809. The first-order chi connectivity index (χ1) is 9.50. The van der Waals surface area contributed by atoms with Gasteiger partial charge in [0.05, 0.1) is 0 Å². The summed E-state index contributed by atoms with van der Waals surface area (Å²) in [5.41, 5.74) is 0.769. The van der Waals surface area contributed by atoms with E-state index in [2.05, 4.69) is 5.32 Å². The Morgan fingerprint density at radius 3 is 2.65 bits per heavy atom. The van der Waals surface area contributed by atoms with Crippen LogP contribution in [0.5, 0.6) is 0 Å². The van der Waals surface area contributed by atoms with Gasteiger partial charge in [-0.05, 0) is 30.7 Å². The minimum absolute atomic E-state index is 0.243. The SMILES string of the molecule is CN(Cc1ccc(F)cc1)S(=O)(=O)N1CCCNCC1. The second-order valence-electron chi connectivity index (χ2n) is 4.89. The van der Waals surface area contributed by atoms with Crippen LogP contribution in [-0.2, 0) is 16.8 Å². The molecule has 0 aromatic heterocycles. The average Bonchev–Trinajstić information content (AvgIpc) is 2.70. The molecule has 0 bridgehead atoms. The van der Waals surface area contributed by atoms with Gasteiger partial charge in [0.25, 0.3) is 10.2 Å². The molecule has 0 atom stereocenters. The number of hydrogen-bond acceptors (Lipinski definition) is 3. The number of benzene rings is 1. The van der Waals surface area contributed by atoms with Crippen molar-refractivity contribution in [2.24, 2.45) is 0 Å². The molecule has 1 fully saturated rings. The van der Waals surface area contributed by atoms with Gasteiger partial charge in [-0.25, -0.2) is 4.39 Å². The van der Waals surface area contributed by atoms with E-state index in [4.69, 9.17) is 0 Å². The maximum atomic E-state index is 12.8. The zero-order chi connectivity index (χ0) is 14.6. The third kappa shape index (κ3) is 3.76. The summed E-state index contributed by atoms with van der Waals surface area (Å²) < 4.78 is 40.6. The van der Waals surface area contributed by atoms with E-state index in [1.54, 1.807) is 19.2 Å². The lowest BCUT2D eigenvalue weighted by Gasteiger charge is -2.26. The summed E-state index contributed by atoms with van der Waals surface area (Å²) in [5.74, 6) is -0.321. The molecule has 0 spiro atoms. The summed E-state index contributed by atoms with van der Waals surface area (Å²) in [5, 5.41) is 3.18. The van der Waals surface area contributed by atoms with Crippen LogP contribution >= 0.6 is 0 Å². The van der Waals surface area contributed by atoms with Crippen molar-refractivity contribution in [3.8, 4) is 0 Å². The van der Waals surface area contributed by atoms with Crippen LogP contribution in [0.3, 0.4) is 0 Å². The fraction of sp³-hybridized carbons (Fsp3) is 0.538. The Hall–Kier alpha value is -1.02. The van der Waals surface area contributed by atoms with Crippen molar-refractivity contribution in [2.45, 2.75) is 13.0 Å². The highest BCUT2D eigenvalue weighted by molar-refractivity contribution is 7.86. The summed E-state index contributed by atoms with van der Waals surface area (Å²) in [4.78, 5) is 0. The fourth-order valence-electron chi connectivity index (χ4n) is 2.18. The molecule has 2 rings (SSSR count). The Kier molecular flexibility index (Phi) is 5.09. The predicted octanol–water partition coefficient (Wildman–Crippen LogP) is 0.798. The second-order valence-corrected chi connectivity index (χ2v) is 6.93. The van der Waals surface area contributed by atoms with E-state index in [0.717, 1.165) is 18.5 Å². The molecule has 0 radical (unpaired) electrons. The molecular weight excluding hydrogens is 281 g/mol. The molecule has 1 aliphatic heterocycles. The number of halogens is 1. The molecule has 1 saturated heterocycles. The summed E-state index contributed by atoms with van der Waals surface area (Å²) in [6.45, 7) is 2.77. The van der Waals surface area contributed by atoms with Crippen LogP contribution in [0.25, 0.3) is 0 Å². The molecule has 1 aromatic carbocycles. The lowest BCUT2D eigenvalue weighted by atomic mass is 10.2. The monoisotopic (exact) mass is 301 g/mol. The third-order valence-corrected chi connectivity index (χ3v) is 5.27. The topological polar surface area (TPSA) is 52.7 Å². The highest BCUT2D eigenvalue weighted by Gasteiger charge is 2.27. The standard InChI is InChI=1S/C13H20FN3O2S/c1-16(11-12-3-5-13(14)6-4-12)20(18,19)17-9-2-7-15-8-10-17/h3-6,15H,2,7-11H2,1H3. The number of nitrogens with one attached hydrogen (secondary N) is 1. The molecule has 20 heavy (non-hydrogen) atoms. The van der Waals surface area contributed by atoms with Crippen molar-refractivity contribution < 1.29 is 12.8 Å². The molecule has 112 valence electrons. The van der Waals surface area contributed by atoms with Crippen molar-refractivity contribution >= 4 is 10.2 Å². The third-order valence-electron chi connectivity index (χ3n) is 3.34. The lowest BCUT2D eigenvalue weighted by Crippen LogP contribution is -2.43. The van der Waals surface area contributed by atoms with Crippen molar-refractivity contribution in [1.82, 2.24) is 13.9 Å². The average molecular weight is 301 g/mol. The largest absolute Gasteiger partial charge is 0.315 e. The van der Waals surface area contributed by atoms with Crippen LogP contribution in [-0.4, -0.2) is 50.3 Å². The number of hydrogen-bond donors (Lipinski definition) is 1. The van der Waals surface area contributed by atoms with Crippen LogP contribution in [0.1, 0.15) is 12.0 Å². The first-order valence-electron chi connectivity index (χ1n) is 6.67. The van der Waals surface area contributed by atoms with Gasteiger partial charge >= 0.3 is 0 Å². The Bertz CT molecular complexity index is 525. The Balaban J connectivity index is 2.06. The van der Waals surface area contributed by atoms with Crippen molar-refractivity contribution in [3.05, 3.63) is 35.6 Å².